The van der Waals surface area contributed by atoms with Gasteiger partial charge in [0.15, 0.2) is 0 Å². The average molecular weight is 253 g/mol. The van der Waals surface area contributed by atoms with Gasteiger partial charge >= 0.3 is 5.97 Å². The highest BCUT2D eigenvalue weighted by Crippen LogP contribution is 2.27. The summed E-state index contributed by atoms with van der Waals surface area (Å²) in [6.45, 7) is 0. The molecule has 0 heterocycles. The van der Waals surface area contributed by atoms with Gasteiger partial charge in [0.1, 0.15) is 0 Å². The first kappa shape index (κ1) is 13.4. The zero-order valence-corrected chi connectivity index (χ0v) is 10.9. The fourth-order valence-electron chi connectivity index (χ4n) is 3.20. The van der Waals surface area contributed by atoms with Crippen LogP contribution < -0.4 is 5.32 Å². The molecule has 0 aromatic heterocycles. The lowest BCUT2D eigenvalue weighted by molar-refractivity contribution is -0.141. The standard InChI is InChI=1S/C14H23NO3/c16-13(10-5-3-1-2-4-6-10)15-12-8-7-11(9-12)14(17)18/h10-12H,1-9H2,(H,15,16)(H,17,18)/t11-,12-/m1/s1. The van der Waals surface area contributed by atoms with E-state index in [-0.39, 0.29) is 23.8 Å². The van der Waals surface area contributed by atoms with Gasteiger partial charge in [0.05, 0.1) is 5.92 Å². The van der Waals surface area contributed by atoms with Crippen LogP contribution in [-0.4, -0.2) is 23.0 Å². The number of nitrogens with one attached hydrogen (secondary N) is 1. The smallest absolute Gasteiger partial charge is 0.306 e. The highest BCUT2D eigenvalue weighted by atomic mass is 16.4. The molecule has 0 spiro atoms. The van der Waals surface area contributed by atoms with Gasteiger partial charge in [-0.15, -0.1) is 0 Å². The van der Waals surface area contributed by atoms with Crippen LogP contribution in [0.4, 0.5) is 0 Å². The van der Waals surface area contributed by atoms with Crippen LogP contribution in [0, 0.1) is 11.8 Å². The minimum atomic E-state index is -0.721. The van der Waals surface area contributed by atoms with E-state index in [9.17, 15) is 9.59 Å². The Balaban J connectivity index is 1.78. The van der Waals surface area contributed by atoms with Crippen molar-refractivity contribution in [1.29, 1.82) is 0 Å². The summed E-state index contributed by atoms with van der Waals surface area (Å²) in [4.78, 5) is 23.0. The fourth-order valence-corrected chi connectivity index (χ4v) is 3.20. The molecule has 1 amide bonds. The van der Waals surface area contributed by atoms with E-state index in [1.165, 1.54) is 12.8 Å². The number of amides is 1. The third kappa shape index (κ3) is 3.47. The molecule has 4 nitrogen and oxygen atoms in total. The average Bonchev–Trinajstić information content (AvgIpc) is 2.64. The molecule has 0 saturated heterocycles. The van der Waals surface area contributed by atoms with E-state index in [4.69, 9.17) is 5.11 Å². The summed E-state index contributed by atoms with van der Waals surface area (Å²) in [5, 5.41) is 12.0. The second-order valence-corrected chi connectivity index (χ2v) is 5.74. The zero-order valence-electron chi connectivity index (χ0n) is 10.9. The Bertz CT molecular complexity index is 308. The summed E-state index contributed by atoms with van der Waals surface area (Å²) in [7, 11) is 0. The van der Waals surface area contributed by atoms with E-state index in [2.05, 4.69) is 5.32 Å². The van der Waals surface area contributed by atoms with Crippen LogP contribution in [0.15, 0.2) is 0 Å². The van der Waals surface area contributed by atoms with Crippen LogP contribution in [-0.2, 0) is 9.59 Å². The lowest BCUT2D eigenvalue weighted by Gasteiger charge is -2.18. The molecule has 2 saturated carbocycles. The van der Waals surface area contributed by atoms with Gasteiger partial charge in [0.2, 0.25) is 5.91 Å². The molecule has 4 heteroatoms. The number of hydrogen-bond donors (Lipinski definition) is 2. The molecule has 2 aliphatic carbocycles. The zero-order chi connectivity index (χ0) is 13.0. The Kier molecular flexibility index (Phi) is 4.61. The number of rotatable bonds is 3. The normalized spacial score (nSPS) is 29.8. The van der Waals surface area contributed by atoms with Crippen molar-refractivity contribution < 1.29 is 14.7 Å². The summed E-state index contributed by atoms with van der Waals surface area (Å²) < 4.78 is 0. The highest BCUT2D eigenvalue weighted by Gasteiger charge is 2.31. The summed E-state index contributed by atoms with van der Waals surface area (Å²) in [5.74, 6) is -0.657. The second kappa shape index (κ2) is 6.21. The summed E-state index contributed by atoms with van der Waals surface area (Å²) >= 11 is 0. The number of carboxylic acids is 1. The molecule has 2 aliphatic rings. The minimum Gasteiger partial charge on any atom is -0.481 e. The summed E-state index contributed by atoms with van der Waals surface area (Å²) in [6, 6.07) is 0.0850. The molecule has 2 N–H and O–H groups in total. The van der Waals surface area contributed by atoms with Crippen molar-refractivity contribution >= 4 is 11.9 Å². The van der Waals surface area contributed by atoms with Gasteiger partial charge in [0.25, 0.3) is 0 Å². The Morgan fingerprint density at radius 2 is 1.56 bits per heavy atom. The van der Waals surface area contributed by atoms with Gasteiger partial charge in [-0.25, -0.2) is 0 Å². The molecule has 0 bridgehead atoms. The van der Waals surface area contributed by atoms with Crippen molar-refractivity contribution in [3.63, 3.8) is 0 Å². The molecular formula is C14H23NO3. The van der Waals surface area contributed by atoms with Crippen molar-refractivity contribution in [2.24, 2.45) is 11.8 Å². The first-order valence-electron chi connectivity index (χ1n) is 7.20. The van der Waals surface area contributed by atoms with Crippen LogP contribution in [0.2, 0.25) is 0 Å². The predicted octanol–water partition coefficient (Wildman–Crippen LogP) is 2.33. The molecule has 102 valence electrons. The third-order valence-corrected chi connectivity index (χ3v) is 4.35. The topological polar surface area (TPSA) is 66.4 Å². The lowest BCUT2D eigenvalue weighted by Crippen LogP contribution is -2.37. The minimum absolute atomic E-state index is 0.0850. The quantitative estimate of drug-likeness (QED) is 0.759. The van der Waals surface area contributed by atoms with Crippen molar-refractivity contribution in [3.8, 4) is 0 Å². The lowest BCUT2D eigenvalue weighted by atomic mass is 9.99. The molecule has 18 heavy (non-hydrogen) atoms. The number of carbonyl (C=O) groups excluding carboxylic acids is 1. The van der Waals surface area contributed by atoms with E-state index in [0.717, 1.165) is 32.1 Å². The monoisotopic (exact) mass is 253 g/mol. The van der Waals surface area contributed by atoms with Crippen LogP contribution in [0.3, 0.4) is 0 Å². The summed E-state index contributed by atoms with van der Waals surface area (Å²) in [6.07, 6.45) is 8.92. The van der Waals surface area contributed by atoms with E-state index in [0.29, 0.717) is 12.8 Å². The first-order valence-corrected chi connectivity index (χ1v) is 7.20. The third-order valence-electron chi connectivity index (χ3n) is 4.35. The van der Waals surface area contributed by atoms with Crippen molar-refractivity contribution in [3.05, 3.63) is 0 Å². The number of carbonyl (C=O) groups is 2. The molecule has 2 rings (SSSR count). The largest absolute Gasteiger partial charge is 0.481 e. The Hall–Kier alpha value is -1.06. The van der Waals surface area contributed by atoms with Gasteiger partial charge in [-0.3, -0.25) is 9.59 Å². The van der Waals surface area contributed by atoms with Gasteiger partial charge in [0, 0.05) is 12.0 Å². The molecule has 0 aromatic rings. The van der Waals surface area contributed by atoms with Crippen molar-refractivity contribution in [2.75, 3.05) is 0 Å². The highest BCUT2D eigenvalue weighted by molar-refractivity contribution is 5.79. The number of hydrogen-bond acceptors (Lipinski definition) is 2. The molecule has 0 unspecified atom stereocenters. The molecule has 2 fully saturated rings. The van der Waals surface area contributed by atoms with E-state index in [1.807, 2.05) is 0 Å². The first-order chi connectivity index (χ1) is 8.66. The molecule has 2 atom stereocenters. The van der Waals surface area contributed by atoms with Crippen LogP contribution in [0.5, 0.6) is 0 Å². The van der Waals surface area contributed by atoms with Gasteiger partial charge in [-0.1, -0.05) is 25.7 Å². The fraction of sp³-hybridized carbons (Fsp3) is 0.857. The molecular weight excluding hydrogens is 230 g/mol. The van der Waals surface area contributed by atoms with Crippen molar-refractivity contribution in [2.45, 2.75) is 63.8 Å². The van der Waals surface area contributed by atoms with E-state index < -0.39 is 5.97 Å². The maximum absolute atomic E-state index is 12.1. The maximum Gasteiger partial charge on any atom is 0.306 e. The van der Waals surface area contributed by atoms with E-state index in [1.54, 1.807) is 0 Å². The molecule has 0 radical (unpaired) electrons. The molecule has 0 aliphatic heterocycles. The Labute approximate surface area is 108 Å². The predicted molar refractivity (Wildman–Crippen MR) is 68.1 cm³/mol. The van der Waals surface area contributed by atoms with Crippen LogP contribution in [0.25, 0.3) is 0 Å². The molecule has 0 aromatic carbocycles. The van der Waals surface area contributed by atoms with Gasteiger partial charge in [-0.05, 0) is 32.1 Å². The Morgan fingerprint density at radius 1 is 0.889 bits per heavy atom. The number of aliphatic carboxylic acids is 1. The summed E-state index contributed by atoms with van der Waals surface area (Å²) in [5.41, 5.74) is 0. The van der Waals surface area contributed by atoms with Crippen molar-refractivity contribution in [1.82, 2.24) is 5.32 Å². The SMILES string of the molecule is O=C(N[C@@H]1CC[C@@H](C(=O)O)C1)C1CCCCCC1. The van der Waals surface area contributed by atoms with E-state index >= 15 is 0 Å². The van der Waals surface area contributed by atoms with Gasteiger partial charge in [-0.2, -0.15) is 0 Å². The maximum atomic E-state index is 12.1. The Morgan fingerprint density at radius 3 is 2.11 bits per heavy atom. The number of carboxylic acid groups (broad SMARTS) is 1. The van der Waals surface area contributed by atoms with Crippen LogP contribution in [0.1, 0.15) is 57.8 Å². The van der Waals surface area contributed by atoms with Gasteiger partial charge < -0.3 is 10.4 Å². The second-order valence-electron chi connectivity index (χ2n) is 5.74. The van der Waals surface area contributed by atoms with Crippen LogP contribution >= 0.6 is 0 Å².